The molecule has 1 aliphatic rings. The van der Waals surface area contributed by atoms with E-state index >= 15 is 0 Å². The molecule has 0 amide bonds. The van der Waals surface area contributed by atoms with Crippen LogP contribution in [0.2, 0.25) is 0 Å². The van der Waals surface area contributed by atoms with Gasteiger partial charge in [0, 0.05) is 44.6 Å². The van der Waals surface area contributed by atoms with Gasteiger partial charge in [-0.05, 0) is 24.6 Å². The molecule has 1 saturated heterocycles. The molecule has 116 valence electrons. The third kappa shape index (κ3) is 3.43. The van der Waals surface area contributed by atoms with Gasteiger partial charge in [-0.1, -0.05) is 12.1 Å². The number of rotatable bonds is 4. The summed E-state index contributed by atoms with van der Waals surface area (Å²) < 4.78 is 5.89. The standard InChI is InChI=1S/C17H22N4O/c1-13-5-6-15(20-10-13)16-12-21(8-9-22-16)11-14-4-3-7-19-17(14)18-2/h3-7,10,16H,8-9,11-12H2,1-2H3,(H,18,19). The largest absolute Gasteiger partial charge is 0.373 e. The van der Waals surface area contributed by atoms with Crippen molar-refractivity contribution >= 4 is 5.82 Å². The molecule has 2 aromatic rings. The lowest BCUT2D eigenvalue weighted by Crippen LogP contribution is -2.38. The Morgan fingerprint density at radius 1 is 1.32 bits per heavy atom. The normalized spacial score (nSPS) is 19.1. The summed E-state index contributed by atoms with van der Waals surface area (Å²) in [6, 6.07) is 8.25. The molecule has 3 heterocycles. The molecule has 5 nitrogen and oxygen atoms in total. The highest BCUT2D eigenvalue weighted by molar-refractivity contribution is 5.42. The van der Waals surface area contributed by atoms with Gasteiger partial charge in [0.1, 0.15) is 11.9 Å². The molecular weight excluding hydrogens is 276 g/mol. The fourth-order valence-corrected chi connectivity index (χ4v) is 2.73. The Kier molecular flexibility index (Phi) is 4.65. The van der Waals surface area contributed by atoms with Gasteiger partial charge in [0.2, 0.25) is 0 Å². The second-order valence-corrected chi connectivity index (χ2v) is 5.62. The third-order valence-corrected chi connectivity index (χ3v) is 3.94. The van der Waals surface area contributed by atoms with Crippen molar-refractivity contribution in [1.82, 2.24) is 14.9 Å². The molecule has 0 aliphatic carbocycles. The molecule has 1 N–H and O–H groups in total. The first-order valence-electron chi connectivity index (χ1n) is 7.64. The van der Waals surface area contributed by atoms with E-state index in [0.29, 0.717) is 0 Å². The van der Waals surface area contributed by atoms with Crippen LogP contribution in [0.3, 0.4) is 0 Å². The van der Waals surface area contributed by atoms with E-state index in [2.05, 4.69) is 38.4 Å². The van der Waals surface area contributed by atoms with Crippen molar-refractivity contribution in [3.05, 3.63) is 53.5 Å². The quantitative estimate of drug-likeness (QED) is 0.939. The van der Waals surface area contributed by atoms with Crippen molar-refractivity contribution in [1.29, 1.82) is 0 Å². The van der Waals surface area contributed by atoms with Gasteiger partial charge in [0.15, 0.2) is 0 Å². The van der Waals surface area contributed by atoms with Gasteiger partial charge < -0.3 is 10.1 Å². The third-order valence-electron chi connectivity index (χ3n) is 3.94. The Bertz CT molecular complexity index is 614. The number of anilines is 1. The minimum atomic E-state index is 0.0454. The summed E-state index contributed by atoms with van der Waals surface area (Å²) in [5.41, 5.74) is 3.39. The van der Waals surface area contributed by atoms with Gasteiger partial charge in [-0.2, -0.15) is 0 Å². The number of hydrogen-bond acceptors (Lipinski definition) is 5. The van der Waals surface area contributed by atoms with Crippen LogP contribution in [0.1, 0.15) is 22.9 Å². The number of nitrogens with one attached hydrogen (secondary N) is 1. The van der Waals surface area contributed by atoms with E-state index in [0.717, 1.165) is 37.8 Å². The smallest absolute Gasteiger partial charge is 0.130 e. The highest BCUT2D eigenvalue weighted by atomic mass is 16.5. The van der Waals surface area contributed by atoms with Crippen molar-refractivity contribution in [3.8, 4) is 0 Å². The molecule has 1 aliphatic heterocycles. The lowest BCUT2D eigenvalue weighted by Gasteiger charge is -2.32. The molecule has 22 heavy (non-hydrogen) atoms. The fourth-order valence-electron chi connectivity index (χ4n) is 2.73. The van der Waals surface area contributed by atoms with Crippen LogP contribution < -0.4 is 5.32 Å². The molecule has 0 radical (unpaired) electrons. The van der Waals surface area contributed by atoms with E-state index in [1.165, 1.54) is 11.1 Å². The van der Waals surface area contributed by atoms with E-state index < -0.39 is 0 Å². The SMILES string of the molecule is CNc1ncccc1CN1CCOC(c2ccc(C)cn2)C1. The Morgan fingerprint density at radius 3 is 3.00 bits per heavy atom. The number of morpholine rings is 1. The van der Waals surface area contributed by atoms with E-state index in [1.54, 1.807) is 0 Å². The number of hydrogen-bond donors (Lipinski definition) is 1. The monoisotopic (exact) mass is 298 g/mol. The first-order valence-corrected chi connectivity index (χ1v) is 7.64. The van der Waals surface area contributed by atoms with Crippen LogP contribution in [0.15, 0.2) is 36.7 Å². The van der Waals surface area contributed by atoms with Crippen molar-refractivity contribution in [2.75, 3.05) is 32.1 Å². The Morgan fingerprint density at radius 2 is 2.23 bits per heavy atom. The Labute approximate surface area is 131 Å². The van der Waals surface area contributed by atoms with E-state index in [1.807, 2.05) is 32.4 Å². The first kappa shape index (κ1) is 14.9. The molecule has 1 unspecified atom stereocenters. The Balaban J connectivity index is 1.69. The van der Waals surface area contributed by atoms with Gasteiger partial charge in [-0.15, -0.1) is 0 Å². The number of aromatic nitrogens is 2. The van der Waals surface area contributed by atoms with Gasteiger partial charge >= 0.3 is 0 Å². The fraction of sp³-hybridized carbons (Fsp3) is 0.412. The molecular formula is C17H22N4O. The van der Waals surface area contributed by atoms with Crippen LogP contribution in [-0.4, -0.2) is 41.6 Å². The van der Waals surface area contributed by atoms with E-state index in [9.17, 15) is 0 Å². The minimum Gasteiger partial charge on any atom is -0.373 e. The molecule has 0 saturated carbocycles. The number of aryl methyl sites for hydroxylation is 1. The summed E-state index contributed by atoms with van der Waals surface area (Å²) in [6.45, 7) is 5.44. The zero-order valence-corrected chi connectivity index (χ0v) is 13.1. The molecule has 5 heteroatoms. The number of nitrogens with zero attached hydrogens (tertiary/aromatic N) is 3. The Hall–Kier alpha value is -1.98. The second-order valence-electron chi connectivity index (χ2n) is 5.62. The molecule has 1 fully saturated rings. The van der Waals surface area contributed by atoms with Gasteiger partial charge in [0.05, 0.1) is 12.3 Å². The first-order chi connectivity index (χ1) is 10.8. The van der Waals surface area contributed by atoms with Crippen LogP contribution in [0, 0.1) is 6.92 Å². The number of ether oxygens (including phenoxy) is 1. The van der Waals surface area contributed by atoms with Crippen molar-refractivity contribution < 1.29 is 4.74 Å². The van der Waals surface area contributed by atoms with Crippen LogP contribution >= 0.6 is 0 Å². The van der Waals surface area contributed by atoms with E-state index in [4.69, 9.17) is 4.74 Å². The molecule has 0 bridgehead atoms. The maximum Gasteiger partial charge on any atom is 0.130 e. The molecule has 0 aromatic carbocycles. The van der Waals surface area contributed by atoms with Gasteiger partial charge in [-0.3, -0.25) is 9.88 Å². The van der Waals surface area contributed by atoms with Gasteiger partial charge in [0.25, 0.3) is 0 Å². The predicted molar refractivity (Wildman–Crippen MR) is 86.7 cm³/mol. The van der Waals surface area contributed by atoms with E-state index in [-0.39, 0.29) is 6.10 Å². The molecule has 2 aromatic heterocycles. The summed E-state index contributed by atoms with van der Waals surface area (Å²) in [4.78, 5) is 11.3. The summed E-state index contributed by atoms with van der Waals surface area (Å²) in [5, 5.41) is 3.15. The lowest BCUT2D eigenvalue weighted by molar-refractivity contribution is -0.0349. The molecule has 3 rings (SSSR count). The zero-order chi connectivity index (χ0) is 15.4. The van der Waals surface area contributed by atoms with Crippen LogP contribution in [0.25, 0.3) is 0 Å². The summed E-state index contributed by atoms with van der Waals surface area (Å²) in [5.74, 6) is 0.944. The second kappa shape index (κ2) is 6.85. The summed E-state index contributed by atoms with van der Waals surface area (Å²) >= 11 is 0. The van der Waals surface area contributed by atoms with Crippen molar-refractivity contribution in [2.45, 2.75) is 19.6 Å². The highest BCUT2D eigenvalue weighted by Crippen LogP contribution is 2.23. The zero-order valence-electron chi connectivity index (χ0n) is 13.1. The lowest BCUT2D eigenvalue weighted by atomic mass is 10.1. The minimum absolute atomic E-state index is 0.0454. The van der Waals surface area contributed by atoms with Crippen molar-refractivity contribution in [3.63, 3.8) is 0 Å². The van der Waals surface area contributed by atoms with Crippen LogP contribution in [-0.2, 0) is 11.3 Å². The average molecular weight is 298 g/mol. The van der Waals surface area contributed by atoms with Gasteiger partial charge in [-0.25, -0.2) is 4.98 Å². The van der Waals surface area contributed by atoms with Crippen LogP contribution in [0.5, 0.6) is 0 Å². The van der Waals surface area contributed by atoms with Crippen molar-refractivity contribution in [2.24, 2.45) is 0 Å². The average Bonchev–Trinajstić information content (AvgIpc) is 2.56. The maximum absolute atomic E-state index is 5.89. The predicted octanol–water partition coefficient (Wildman–Crippen LogP) is 2.40. The summed E-state index contributed by atoms with van der Waals surface area (Å²) in [7, 11) is 1.91. The molecule has 1 atom stereocenters. The molecule has 0 spiro atoms. The topological polar surface area (TPSA) is 50.3 Å². The number of pyridine rings is 2. The summed E-state index contributed by atoms with van der Waals surface area (Å²) in [6.07, 6.45) is 3.76. The maximum atomic E-state index is 5.89. The van der Waals surface area contributed by atoms with Crippen LogP contribution in [0.4, 0.5) is 5.82 Å². The highest BCUT2D eigenvalue weighted by Gasteiger charge is 2.23.